The number of nitriles is 1. The summed E-state index contributed by atoms with van der Waals surface area (Å²) in [6, 6.07) is 6.08. The number of aromatic amines is 1. The number of amides is 1. The summed E-state index contributed by atoms with van der Waals surface area (Å²) < 4.78 is 14.7. The lowest BCUT2D eigenvalue weighted by molar-refractivity contribution is -0.124. The molecule has 0 aliphatic carbocycles. The number of rotatable bonds is 5. The number of halogens is 1. The van der Waals surface area contributed by atoms with E-state index >= 15 is 0 Å². The van der Waals surface area contributed by atoms with Crippen LogP contribution in [0.15, 0.2) is 36.2 Å². The molecule has 1 amide bonds. The van der Waals surface area contributed by atoms with E-state index in [1.54, 1.807) is 12.3 Å². The maximum absolute atomic E-state index is 14.7. The zero-order valence-electron chi connectivity index (χ0n) is 18.4. The lowest BCUT2D eigenvalue weighted by atomic mass is 9.87. The van der Waals surface area contributed by atoms with Gasteiger partial charge in [0.1, 0.15) is 28.8 Å². The summed E-state index contributed by atoms with van der Waals surface area (Å²) in [6.45, 7) is 5.46. The van der Waals surface area contributed by atoms with Crippen LogP contribution in [0.25, 0.3) is 17.2 Å². The van der Waals surface area contributed by atoms with Gasteiger partial charge < -0.3 is 15.2 Å². The maximum atomic E-state index is 14.7. The van der Waals surface area contributed by atoms with Gasteiger partial charge in [0.2, 0.25) is 0 Å². The summed E-state index contributed by atoms with van der Waals surface area (Å²) in [5, 5.41) is 12.1. The first-order chi connectivity index (χ1) is 15.0. The molecule has 32 heavy (non-hydrogen) atoms. The zero-order chi connectivity index (χ0) is 23.6. The fourth-order valence-corrected chi connectivity index (χ4v) is 2.94. The molecule has 0 saturated carbocycles. The smallest absolute Gasteiger partial charge is 0.264 e. The number of benzene rings is 1. The average Bonchev–Trinajstić information content (AvgIpc) is 3.15. The normalized spacial score (nSPS) is 11.8. The second-order valence-electron chi connectivity index (χ2n) is 8.47. The average molecular weight is 434 g/mol. The van der Waals surface area contributed by atoms with Crippen molar-refractivity contribution in [3.8, 4) is 6.07 Å². The molecule has 0 bridgehead atoms. The Morgan fingerprint density at radius 3 is 2.59 bits per heavy atom. The van der Waals surface area contributed by atoms with E-state index in [0.717, 1.165) is 0 Å². The number of Topliss-reactive ketones (excluding diaryl/α,β-unsaturated/α-hetero) is 1. The third kappa shape index (κ3) is 4.64. The number of aromatic nitrogens is 3. The number of H-pyrrole nitrogens is 1. The highest BCUT2D eigenvalue weighted by molar-refractivity contribution is 6.08. The second-order valence-corrected chi connectivity index (χ2v) is 8.47. The van der Waals surface area contributed by atoms with Crippen LogP contribution in [-0.2, 0) is 4.79 Å². The van der Waals surface area contributed by atoms with E-state index in [9.17, 15) is 19.2 Å². The molecular weight excluding hydrogens is 411 g/mol. The minimum Gasteiger partial charge on any atom is -0.344 e. The van der Waals surface area contributed by atoms with Crippen LogP contribution in [0.5, 0.6) is 0 Å². The van der Waals surface area contributed by atoms with Crippen molar-refractivity contribution in [2.24, 2.45) is 5.41 Å². The quantitative estimate of drug-likeness (QED) is 0.355. The summed E-state index contributed by atoms with van der Waals surface area (Å²) in [5.74, 6) is -0.887. The first-order valence-corrected chi connectivity index (χ1v) is 9.80. The molecule has 3 aromatic rings. The van der Waals surface area contributed by atoms with E-state index in [1.165, 1.54) is 43.4 Å². The van der Waals surface area contributed by atoms with Crippen LogP contribution in [0.3, 0.4) is 0 Å². The lowest BCUT2D eigenvalue weighted by Gasteiger charge is -2.15. The Morgan fingerprint density at radius 1 is 1.28 bits per heavy atom. The summed E-state index contributed by atoms with van der Waals surface area (Å²) in [4.78, 5) is 37.6. The Labute approximate surface area is 184 Å². The third-order valence-corrected chi connectivity index (χ3v) is 4.63. The summed E-state index contributed by atoms with van der Waals surface area (Å²) >= 11 is 0. The van der Waals surface area contributed by atoms with E-state index < -0.39 is 17.1 Å². The van der Waals surface area contributed by atoms with E-state index in [4.69, 9.17) is 0 Å². The van der Waals surface area contributed by atoms with Crippen molar-refractivity contribution in [1.82, 2.24) is 19.9 Å². The molecule has 164 valence electrons. The summed E-state index contributed by atoms with van der Waals surface area (Å²) in [6.07, 6.45) is 4.33. The first-order valence-electron chi connectivity index (χ1n) is 9.80. The Balaban J connectivity index is 1.90. The number of fused-ring (bicyclic) bond motifs is 1. The van der Waals surface area contributed by atoms with E-state index in [2.05, 4.69) is 20.3 Å². The van der Waals surface area contributed by atoms with Crippen molar-refractivity contribution in [1.29, 1.82) is 5.26 Å². The number of nitrogens with one attached hydrogen (secondary N) is 2. The standard InChI is InChI=1S/C23H23FN6O2/c1-23(2,3)20(31)15-11-26-21-19(15)29-18(12-27-21)28-17-7-6-13(9-16(17)24)8-14(10-25)22(32)30(4)5/h6-9,11-12H,1-5H3,(H,26,27)(H,28,29). The van der Waals surface area contributed by atoms with Crippen molar-refractivity contribution in [2.75, 3.05) is 19.4 Å². The Morgan fingerprint density at radius 2 is 2.00 bits per heavy atom. The largest absolute Gasteiger partial charge is 0.344 e. The molecule has 0 saturated heterocycles. The van der Waals surface area contributed by atoms with Gasteiger partial charge in [-0.15, -0.1) is 0 Å². The molecule has 9 heteroatoms. The van der Waals surface area contributed by atoms with Gasteiger partial charge in [0.15, 0.2) is 11.4 Å². The van der Waals surface area contributed by atoms with Crippen molar-refractivity contribution in [2.45, 2.75) is 20.8 Å². The topological polar surface area (TPSA) is 115 Å². The molecule has 8 nitrogen and oxygen atoms in total. The minimum absolute atomic E-state index is 0.0851. The lowest BCUT2D eigenvalue weighted by Crippen LogP contribution is -2.22. The molecule has 1 aromatic carbocycles. The molecule has 0 aliphatic heterocycles. The first kappa shape index (κ1) is 22.6. The monoisotopic (exact) mass is 434 g/mol. The molecule has 3 rings (SSSR count). The van der Waals surface area contributed by atoms with Gasteiger partial charge in [0, 0.05) is 25.7 Å². The van der Waals surface area contributed by atoms with Gasteiger partial charge in [0.25, 0.3) is 5.91 Å². The van der Waals surface area contributed by atoms with Gasteiger partial charge in [-0.3, -0.25) is 9.59 Å². The van der Waals surface area contributed by atoms with Crippen LogP contribution in [0, 0.1) is 22.6 Å². The van der Waals surface area contributed by atoms with E-state index in [0.29, 0.717) is 22.3 Å². The van der Waals surface area contributed by atoms with Crippen molar-refractivity contribution < 1.29 is 14.0 Å². The highest BCUT2D eigenvalue weighted by Crippen LogP contribution is 2.27. The predicted molar refractivity (Wildman–Crippen MR) is 120 cm³/mol. The second kappa shape index (κ2) is 8.59. The Kier molecular flexibility index (Phi) is 6.07. The number of hydrogen-bond donors (Lipinski definition) is 2. The highest BCUT2D eigenvalue weighted by atomic mass is 19.1. The van der Waals surface area contributed by atoms with Gasteiger partial charge in [-0.2, -0.15) is 5.26 Å². The van der Waals surface area contributed by atoms with Crippen LogP contribution < -0.4 is 5.32 Å². The molecule has 0 spiro atoms. The van der Waals surface area contributed by atoms with Gasteiger partial charge >= 0.3 is 0 Å². The van der Waals surface area contributed by atoms with Crippen molar-refractivity contribution >= 4 is 40.4 Å². The minimum atomic E-state index is -0.602. The van der Waals surface area contributed by atoms with Crippen LogP contribution in [0.1, 0.15) is 36.7 Å². The molecule has 2 N–H and O–H groups in total. The molecule has 2 aromatic heterocycles. The van der Waals surface area contributed by atoms with Gasteiger partial charge in [-0.05, 0) is 23.8 Å². The number of anilines is 2. The molecule has 0 fully saturated rings. The number of likely N-dealkylation sites (N-methyl/N-ethyl adjacent to an activating group) is 1. The fraction of sp³-hybridized carbons (Fsp3) is 0.261. The van der Waals surface area contributed by atoms with Gasteiger partial charge in [0.05, 0.1) is 17.4 Å². The van der Waals surface area contributed by atoms with E-state index in [1.807, 2.05) is 26.8 Å². The predicted octanol–water partition coefficient (Wildman–Crippen LogP) is 4.06. The molecule has 0 atom stereocenters. The molecule has 2 heterocycles. The molecular formula is C23H23FN6O2. The summed E-state index contributed by atoms with van der Waals surface area (Å²) in [5.41, 5.74) is 1.08. The SMILES string of the molecule is CN(C)C(=O)C(C#N)=Cc1ccc(Nc2cnc3[nH]cc(C(=O)C(C)(C)C)c3n2)c(F)c1. The fourth-order valence-electron chi connectivity index (χ4n) is 2.94. The molecule has 0 aliphatic rings. The molecule has 0 radical (unpaired) electrons. The summed E-state index contributed by atoms with van der Waals surface area (Å²) in [7, 11) is 3.06. The Hall–Kier alpha value is -4.06. The van der Waals surface area contributed by atoms with Crippen molar-refractivity contribution in [3.05, 3.63) is 53.1 Å². The van der Waals surface area contributed by atoms with Crippen molar-refractivity contribution in [3.63, 3.8) is 0 Å². The maximum Gasteiger partial charge on any atom is 0.264 e. The number of carbonyl (C=O) groups excluding carboxylic acids is 2. The van der Waals surface area contributed by atoms with E-state index in [-0.39, 0.29) is 22.9 Å². The zero-order valence-corrected chi connectivity index (χ0v) is 18.4. The number of nitrogens with zero attached hydrogens (tertiary/aromatic N) is 4. The van der Waals surface area contributed by atoms with Gasteiger partial charge in [-0.25, -0.2) is 14.4 Å². The Bertz CT molecular complexity index is 1280. The number of ketones is 1. The van der Waals surface area contributed by atoms with Gasteiger partial charge in [-0.1, -0.05) is 26.8 Å². The van der Waals surface area contributed by atoms with Crippen LogP contribution >= 0.6 is 0 Å². The molecule has 0 unspecified atom stereocenters. The third-order valence-electron chi connectivity index (χ3n) is 4.63. The van der Waals surface area contributed by atoms with Crippen LogP contribution in [0.2, 0.25) is 0 Å². The number of carbonyl (C=O) groups is 2. The highest BCUT2D eigenvalue weighted by Gasteiger charge is 2.26. The van der Waals surface area contributed by atoms with Crippen LogP contribution in [0.4, 0.5) is 15.9 Å². The number of hydrogen-bond acceptors (Lipinski definition) is 6. The van der Waals surface area contributed by atoms with Crippen LogP contribution in [-0.4, -0.2) is 45.6 Å².